The molecule has 1 unspecified atom stereocenters. The molecular weight excluding hydrogens is 200 g/mol. The van der Waals surface area contributed by atoms with Gasteiger partial charge >= 0.3 is 0 Å². The first-order valence-electron chi connectivity index (χ1n) is 5.79. The minimum atomic E-state index is 0.553. The van der Waals surface area contributed by atoms with Crippen molar-refractivity contribution in [2.24, 2.45) is 0 Å². The van der Waals surface area contributed by atoms with Gasteiger partial charge in [0.1, 0.15) is 0 Å². The van der Waals surface area contributed by atoms with Gasteiger partial charge in [-0.2, -0.15) is 0 Å². The van der Waals surface area contributed by atoms with Crippen LogP contribution >= 0.6 is 0 Å². The molecule has 2 rings (SSSR count). The Morgan fingerprint density at radius 1 is 1.50 bits per heavy atom. The van der Waals surface area contributed by atoms with Crippen LogP contribution < -0.4 is 10.2 Å². The van der Waals surface area contributed by atoms with Gasteiger partial charge in [0.15, 0.2) is 0 Å². The van der Waals surface area contributed by atoms with E-state index in [1.165, 1.54) is 5.69 Å². The van der Waals surface area contributed by atoms with Crippen LogP contribution in [0.25, 0.3) is 0 Å². The number of pyridine rings is 1. The smallest absolute Gasteiger partial charge is 0.0395 e. The van der Waals surface area contributed by atoms with Crippen LogP contribution in [-0.2, 0) is 0 Å². The van der Waals surface area contributed by atoms with Gasteiger partial charge in [-0.25, -0.2) is 0 Å². The maximum absolute atomic E-state index is 4.04. The summed E-state index contributed by atoms with van der Waals surface area (Å²) in [4.78, 5) is 8.69. The van der Waals surface area contributed by atoms with E-state index < -0.39 is 0 Å². The van der Waals surface area contributed by atoms with E-state index in [2.05, 4.69) is 34.2 Å². The summed E-state index contributed by atoms with van der Waals surface area (Å²) >= 11 is 0. The van der Waals surface area contributed by atoms with E-state index >= 15 is 0 Å². The number of hydrogen-bond donors (Lipinski definition) is 1. The second-order valence-electron chi connectivity index (χ2n) is 4.50. The maximum atomic E-state index is 4.04. The van der Waals surface area contributed by atoms with Gasteiger partial charge in [0.25, 0.3) is 0 Å². The molecule has 1 saturated heterocycles. The van der Waals surface area contributed by atoms with E-state index in [1.807, 2.05) is 24.5 Å². The van der Waals surface area contributed by atoms with Gasteiger partial charge in [-0.1, -0.05) is 0 Å². The highest BCUT2D eigenvalue weighted by Gasteiger charge is 2.17. The SMILES string of the molecule is CN1CCNC(CN(C)c2ccncc2)C1. The maximum Gasteiger partial charge on any atom is 0.0395 e. The molecule has 1 aliphatic heterocycles. The highest BCUT2D eigenvalue weighted by molar-refractivity contribution is 5.43. The van der Waals surface area contributed by atoms with Crippen LogP contribution in [-0.4, -0.2) is 56.2 Å². The van der Waals surface area contributed by atoms with Gasteiger partial charge in [-0.3, -0.25) is 4.98 Å². The topological polar surface area (TPSA) is 31.4 Å². The van der Waals surface area contributed by atoms with Gasteiger partial charge in [-0.15, -0.1) is 0 Å². The number of likely N-dealkylation sites (N-methyl/N-ethyl adjacent to an activating group) is 2. The fourth-order valence-corrected chi connectivity index (χ4v) is 2.15. The lowest BCUT2D eigenvalue weighted by Gasteiger charge is -2.34. The molecule has 1 atom stereocenters. The molecule has 1 aromatic rings. The summed E-state index contributed by atoms with van der Waals surface area (Å²) < 4.78 is 0. The minimum Gasteiger partial charge on any atom is -0.373 e. The molecule has 4 nitrogen and oxygen atoms in total. The van der Waals surface area contributed by atoms with Crippen molar-refractivity contribution in [2.75, 3.05) is 45.2 Å². The number of anilines is 1. The third-order valence-corrected chi connectivity index (χ3v) is 3.06. The Bertz CT molecular complexity index is 314. The molecule has 1 N–H and O–H groups in total. The number of aromatic nitrogens is 1. The van der Waals surface area contributed by atoms with E-state index in [1.54, 1.807) is 0 Å². The Morgan fingerprint density at radius 2 is 2.25 bits per heavy atom. The largest absolute Gasteiger partial charge is 0.373 e. The molecule has 2 heterocycles. The fourth-order valence-electron chi connectivity index (χ4n) is 2.15. The van der Waals surface area contributed by atoms with Crippen LogP contribution in [0.3, 0.4) is 0 Å². The average Bonchev–Trinajstić information content (AvgIpc) is 2.30. The van der Waals surface area contributed by atoms with Gasteiger partial charge in [0.05, 0.1) is 0 Å². The molecule has 1 aliphatic rings. The van der Waals surface area contributed by atoms with Crippen LogP contribution in [0, 0.1) is 0 Å². The van der Waals surface area contributed by atoms with Crippen molar-refractivity contribution < 1.29 is 0 Å². The molecule has 4 heteroatoms. The predicted molar refractivity (Wildman–Crippen MR) is 66.8 cm³/mol. The normalized spacial score (nSPS) is 22.0. The van der Waals surface area contributed by atoms with Crippen molar-refractivity contribution in [3.63, 3.8) is 0 Å². The van der Waals surface area contributed by atoms with Crippen molar-refractivity contribution in [3.05, 3.63) is 24.5 Å². The van der Waals surface area contributed by atoms with E-state index in [-0.39, 0.29) is 0 Å². The lowest BCUT2D eigenvalue weighted by molar-refractivity contribution is 0.241. The van der Waals surface area contributed by atoms with Crippen molar-refractivity contribution in [2.45, 2.75) is 6.04 Å². The predicted octanol–water partition coefficient (Wildman–Crippen LogP) is 0.421. The molecule has 1 aromatic heterocycles. The van der Waals surface area contributed by atoms with E-state index in [0.717, 1.165) is 26.2 Å². The highest BCUT2D eigenvalue weighted by Crippen LogP contribution is 2.10. The standard InChI is InChI=1S/C12H20N4/c1-15-8-7-14-11(9-15)10-16(2)12-3-5-13-6-4-12/h3-6,11,14H,7-10H2,1-2H3. The summed E-state index contributed by atoms with van der Waals surface area (Å²) in [5.41, 5.74) is 1.23. The first-order chi connectivity index (χ1) is 7.75. The molecule has 0 spiro atoms. The lowest BCUT2D eigenvalue weighted by atomic mass is 10.2. The van der Waals surface area contributed by atoms with Crippen molar-refractivity contribution in [1.29, 1.82) is 0 Å². The van der Waals surface area contributed by atoms with Crippen LogP contribution in [0.4, 0.5) is 5.69 Å². The van der Waals surface area contributed by atoms with Crippen molar-refractivity contribution >= 4 is 5.69 Å². The summed E-state index contributed by atoms with van der Waals surface area (Å²) in [6, 6.07) is 4.65. The second-order valence-corrected chi connectivity index (χ2v) is 4.50. The Labute approximate surface area is 97.3 Å². The molecule has 0 aliphatic carbocycles. The molecule has 16 heavy (non-hydrogen) atoms. The zero-order valence-corrected chi connectivity index (χ0v) is 10.1. The lowest BCUT2D eigenvalue weighted by Crippen LogP contribution is -2.53. The summed E-state index contributed by atoms with van der Waals surface area (Å²) in [7, 11) is 4.31. The second kappa shape index (κ2) is 5.27. The number of nitrogens with one attached hydrogen (secondary N) is 1. The van der Waals surface area contributed by atoms with Crippen molar-refractivity contribution in [1.82, 2.24) is 15.2 Å². The van der Waals surface area contributed by atoms with Crippen LogP contribution in [0.5, 0.6) is 0 Å². The van der Waals surface area contributed by atoms with E-state index in [9.17, 15) is 0 Å². The van der Waals surface area contributed by atoms with Gasteiger partial charge in [0, 0.05) is 57.3 Å². The Morgan fingerprint density at radius 3 is 2.94 bits per heavy atom. The number of nitrogens with zero attached hydrogens (tertiary/aromatic N) is 3. The summed E-state index contributed by atoms with van der Waals surface area (Å²) in [5.74, 6) is 0. The van der Waals surface area contributed by atoms with Gasteiger partial charge < -0.3 is 15.1 Å². The minimum absolute atomic E-state index is 0.553. The Balaban J connectivity index is 1.89. The Kier molecular flexibility index (Phi) is 3.74. The monoisotopic (exact) mass is 220 g/mol. The number of hydrogen-bond acceptors (Lipinski definition) is 4. The van der Waals surface area contributed by atoms with Gasteiger partial charge in [0.2, 0.25) is 0 Å². The van der Waals surface area contributed by atoms with Crippen LogP contribution in [0.1, 0.15) is 0 Å². The van der Waals surface area contributed by atoms with Crippen molar-refractivity contribution in [3.8, 4) is 0 Å². The third-order valence-electron chi connectivity index (χ3n) is 3.06. The highest BCUT2D eigenvalue weighted by atomic mass is 15.2. The molecular formula is C12H20N4. The zero-order valence-electron chi connectivity index (χ0n) is 10.1. The van der Waals surface area contributed by atoms with Crippen LogP contribution in [0.15, 0.2) is 24.5 Å². The summed E-state index contributed by atoms with van der Waals surface area (Å²) in [6.07, 6.45) is 3.68. The zero-order chi connectivity index (χ0) is 11.4. The van der Waals surface area contributed by atoms with Crippen LogP contribution in [0.2, 0.25) is 0 Å². The summed E-state index contributed by atoms with van der Waals surface area (Å²) in [5, 5.41) is 3.55. The van der Waals surface area contributed by atoms with E-state index in [0.29, 0.717) is 6.04 Å². The average molecular weight is 220 g/mol. The first-order valence-corrected chi connectivity index (χ1v) is 5.79. The molecule has 88 valence electrons. The summed E-state index contributed by atoms with van der Waals surface area (Å²) in [6.45, 7) is 4.39. The number of rotatable bonds is 3. The first kappa shape index (κ1) is 11.4. The molecule has 1 fully saturated rings. The Hall–Kier alpha value is -1.13. The van der Waals surface area contributed by atoms with E-state index in [4.69, 9.17) is 0 Å². The third kappa shape index (κ3) is 2.93. The fraction of sp³-hybridized carbons (Fsp3) is 0.583. The van der Waals surface area contributed by atoms with Gasteiger partial charge in [-0.05, 0) is 19.2 Å². The number of piperazine rings is 1. The molecule has 0 aromatic carbocycles. The molecule has 0 bridgehead atoms. The molecule has 0 radical (unpaired) electrons. The molecule has 0 saturated carbocycles. The quantitative estimate of drug-likeness (QED) is 0.800. The molecule has 0 amide bonds.